The first-order valence-corrected chi connectivity index (χ1v) is 14.6. The number of methoxy groups -OCH3 is 1. The van der Waals surface area contributed by atoms with Gasteiger partial charge in [0.05, 0.1) is 33.8 Å². The van der Waals surface area contributed by atoms with E-state index in [0.29, 0.717) is 18.3 Å². The van der Waals surface area contributed by atoms with Gasteiger partial charge in [-0.3, -0.25) is 4.79 Å². The Kier molecular flexibility index (Phi) is 9.34. The molecule has 202 valence electrons. The van der Waals surface area contributed by atoms with Crippen LogP contribution in [0.15, 0.2) is 54.6 Å². The Morgan fingerprint density at radius 1 is 1.08 bits per heavy atom. The Morgan fingerprint density at radius 2 is 1.89 bits per heavy atom. The van der Waals surface area contributed by atoms with Crippen molar-refractivity contribution in [3.8, 4) is 5.75 Å². The van der Waals surface area contributed by atoms with Crippen LogP contribution in [-0.4, -0.2) is 50.2 Å². The summed E-state index contributed by atoms with van der Waals surface area (Å²) in [7, 11) is 4.22. The van der Waals surface area contributed by atoms with E-state index in [1.54, 1.807) is 7.11 Å². The van der Waals surface area contributed by atoms with Gasteiger partial charge in [0.25, 0.3) is 0 Å². The molecule has 1 unspecified atom stereocenters. The number of piperidine rings is 1. The predicted octanol–water partition coefficient (Wildman–Crippen LogP) is 6.53. The molecule has 1 aliphatic heterocycles. The molecule has 0 bridgehead atoms. The zero-order valence-electron chi connectivity index (χ0n) is 23.7. The van der Waals surface area contributed by atoms with Crippen molar-refractivity contribution in [1.82, 2.24) is 5.32 Å². The number of hydrogen-bond donors (Lipinski definition) is 1. The van der Waals surface area contributed by atoms with Crippen molar-refractivity contribution >= 4 is 5.91 Å². The average Bonchev–Trinajstić information content (AvgIpc) is 2.88. The van der Waals surface area contributed by atoms with Crippen molar-refractivity contribution in [2.24, 2.45) is 11.8 Å². The van der Waals surface area contributed by atoms with Crippen molar-refractivity contribution in [3.05, 3.63) is 65.7 Å². The molecule has 0 aromatic heterocycles. The van der Waals surface area contributed by atoms with Gasteiger partial charge in [0, 0.05) is 36.1 Å². The number of amides is 1. The number of likely N-dealkylation sites (tertiary alicyclic amines) is 1. The third-order valence-electron chi connectivity index (χ3n) is 9.04. The summed E-state index contributed by atoms with van der Waals surface area (Å²) < 4.78 is 6.80. The van der Waals surface area contributed by atoms with Crippen LogP contribution in [0.5, 0.6) is 5.75 Å². The Morgan fingerprint density at radius 3 is 2.65 bits per heavy atom. The molecule has 4 heteroatoms. The Labute approximate surface area is 225 Å². The summed E-state index contributed by atoms with van der Waals surface area (Å²) in [5, 5.41) is 3.46. The molecule has 1 saturated heterocycles. The second-order valence-corrected chi connectivity index (χ2v) is 12.5. The Balaban J connectivity index is 1.37. The molecule has 2 aliphatic rings. The highest BCUT2D eigenvalue weighted by atomic mass is 16.5. The van der Waals surface area contributed by atoms with E-state index in [4.69, 9.17) is 4.74 Å². The van der Waals surface area contributed by atoms with Crippen LogP contribution in [0.2, 0.25) is 0 Å². The van der Waals surface area contributed by atoms with Crippen molar-refractivity contribution in [3.63, 3.8) is 0 Å². The second kappa shape index (κ2) is 12.5. The number of ether oxygens (including phenoxy) is 1. The average molecular weight is 506 g/mol. The molecule has 1 aliphatic carbocycles. The SMILES string of the molecule is COc1cccc([C@]23CC[N@@+](C)(CC(C)C)CC2CC[C@H](NC(=O)CCCCCc2ccccc2)C3)c1. The van der Waals surface area contributed by atoms with Gasteiger partial charge in [0.15, 0.2) is 0 Å². The lowest BCUT2D eigenvalue weighted by atomic mass is 9.57. The lowest BCUT2D eigenvalue weighted by Crippen LogP contribution is -2.62. The van der Waals surface area contributed by atoms with Crippen LogP contribution in [-0.2, 0) is 16.6 Å². The number of benzene rings is 2. The minimum atomic E-state index is 0.120. The standard InChI is InChI=1S/C33H48N2O2/c1-26(2)24-35(3)21-20-33(28-15-11-16-31(22-28)37-4)23-30(19-18-29(33)25-35)34-32(36)17-10-6-9-14-27-12-7-5-8-13-27/h5,7-8,11-13,15-16,22,26,29-30H,6,9-10,14,17-21,23-25H2,1-4H3/p+1/t29?,30-,33+,35-/m0/s1. The van der Waals surface area contributed by atoms with Crippen molar-refractivity contribution in [2.75, 3.05) is 33.8 Å². The molecule has 2 aromatic carbocycles. The minimum Gasteiger partial charge on any atom is -0.497 e. The van der Waals surface area contributed by atoms with Crippen molar-refractivity contribution < 1.29 is 14.0 Å². The Bertz CT molecular complexity index is 1010. The number of rotatable bonds is 11. The lowest BCUT2D eigenvalue weighted by Gasteiger charge is -2.55. The molecular weight excluding hydrogens is 456 g/mol. The maximum atomic E-state index is 12.9. The van der Waals surface area contributed by atoms with Crippen LogP contribution in [0.1, 0.15) is 76.3 Å². The lowest BCUT2D eigenvalue weighted by molar-refractivity contribution is -0.922. The molecule has 1 amide bonds. The zero-order chi connectivity index (χ0) is 26.3. The number of fused-ring (bicyclic) bond motifs is 1. The van der Waals surface area contributed by atoms with E-state index in [1.165, 1.54) is 48.1 Å². The van der Waals surface area contributed by atoms with E-state index in [-0.39, 0.29) is 17.4 Å². The van der Waals surface area contributed by atoms with Gasteiger partial charge >= 0.3 is 0 Å². The van der Waals surface area contributed by atoms with Gasteiger partial charge in [-0.05, 0) is 61.8 Å². The highest BCUT2D eigenvalue weighted by molar-refractivity contribution is 5.76. The molecule has 0 radical (unpaired) electrons. The smallest absolute Gasteiger partial charge is 0.220 e. The molecule has 1 heterocycles. The fourth-order valence-corrected chi connectivity index (χ4v) is 7.39. The van der Waals surface area contributed by atoms with Gasteiger partial charge in [-0.2, -0.15) is 0 Å². The maximum absolute atomic E-state index is 12.9. The maximum Gasteiger partial charge on any atom is 0.220 e. The quantitative estimate of drug-likeness (QED) is 0.279. The number of hydrogen-bond acceptors (Lipinski definition) is 2. The van der Waals surface area contributed by atoms with Gasteiger partial charge in [-0.1, -0.05) is 62.7 Å². The first kappa shape index (κ1) is 27.7. The van der Waals surface area contributed by atoms with E-state index >= 15 is 0 Å². The van der Waals surface area contributed by atoms with E-state index in [9.17, 15) is 4.79 Å². The number of unbranched alkanes of at least 4 members (excludes halogenated alkanes) is 2. The fourth-order valence-electron chi connectivity index (χ4n) is 7.39. The number of quaternary nitrogens is 1. The number of carbonyl (C=O) groups excluding carboxylic acids is 1. The predicted molar refractivity (Wildman–Crippen MR) is 153 cm³/mol. The molecule has 4 nitrogen and oxygen atoms in total. The summed E-state index contributed by atoms with van der Waals surface area (Å²) in [5.41, 5.74) is 2.92. The molecule has 4 rings (SSSR count). The molecule has 1 N–H and O–H groups in total. The van der Waals surface area contributed by atoms with Gasteiger partial charge in [0.1, 0.15) is 5.75 Å². The normalized spacial score (nSPS) is 27.5. The van der Waals surface area contributed by atoms with Gasteiger partial charge < -0.3 is 14.5 Å². The number of nitrogens with one attached hydrogen (secondary N) is 1. The molecule has 2 aromatic rings. The molecule has 1 saturated carbocycles. The minimum absolute atomic E-state index is 0.120. The van der Waals surface area contributed by atoms with Crippen LogP contribution in [0.3, 0.4) is 0 Å². The molecular formula is C33H49N2O2+. The summed E-state index contributed by atoms with van der Waals surface area (Å²) in [6.45, 7) is 8.38. The van der Waals surface area contributed by atoms with Crippen LogP contribution >= 0.6 is 0 Å². The zero-order valence-corrected chi connectivity index (χ0v) is 23.7. The fraction of sp³-hybridized carbons (Fsp3) is 0.606. The number of nitrogens with zero attached hydrogens (tertiary/aromatic N) is 1. The number of aryl methyl sites for hydroxylation is 1. The summed E-state index contributed by atoms with van der Waals surface area (Å²) >= 11 is 0. The van der Waals surface area contributed by atoms with Crippen molar-refractivity contribution in [1.29, 1.82) is 0 Å². The molecule has 4 atom stereocenters. The highest BCUT2D eigenvalue weighted by Gasteiger charge is 2.52. The monoisotopic (exact) mass is 505 g/mol. The third-order valence-corrected chi connectivity index (χ3v) is 9.04. The van der Waals surface area contributed by atoms with Gasteiger partial charge in [-0.15, -0.1) is 0 Å². The largest absolute Gasteiger partial charge is 0.497 e. The van der Waals surface area contributed by atoms with E-state index in [0.717, 1.165) is 44.3 Å². The Hall–Kier alpha value is -2.33. The summed E-state index contributed by atoms with van der Waals surface area (Å²) in [6.07, 6.45) is 9.48. The third kappa shape index (κ3) is 7.16. The van der Waals surface area contributed by atoms with Crippen molar-refractivity contribution in [2.45, 2.75) is 83.1 Å². The number of carbonyl (C=O) groups is 1. The summed E-state index contributed by atoms with van der Waals surface area (Å²) in [4.78, 5) is 12.9. The van der Waals surface area contributed by atoms with E-state index in [2.05, 4.69) is 80.8 Å². The van der Waals surface area contributed by atoms with Crippen LogP contribution in [0.4, 0.5) is 0 Å². The summed E-state index contributed by atoms with van der Waals surface area (Å²) in [6, 6.07) is 19.7. The molecule has 0 spiro atoms. The van der Waals surface area contributed by atoms with E-state index in [1.807, 2.05) is 0 Å². The first-order valence-electron chi connectivity index (χ1n) is 14.6. The molecule has 2 fully saturated rings. The topological polar surface area (TPSA) is 38.3 Å². The van der Waals surface area contributed by atoms with Crippen LogP contribution < -0.4 is 10.1 Å². The highest BCUT2D eigenvalue weighted by Crippen LogP contribution is 2.51. The van der Waals surface area contributed by atoms with Gasteiger partial charge in [0.2, 0.25) is 5.91 Å². The van der Waals surface area contributed by atoms with Crippen LogP contribution in [0, 0.1) is 11.8 Å². The van der Waals surface area contributed by atoms with Gasteiger partial charge in [-0.25, -0.2) is 0 Å². The molecule has 37 heavy (non-hydrogen) atoms. The van der Waals surface area contributed by atoms with Crippen LogP contribution in [0.25, 0.3) is 0 Å². The van der Waals surface area contributed by atoms with E-state index < -0.39 is 0 Å². The second-order valence-electron chi connectivity index (χ2n) is 12.5. The summed E-state index contributed by atoms with van der Waals surface area (Å²) in [5.74, 6) is 2.53. The first-order chi connectivity index (χ1) is 17.8.